The fourth-order valence-corrected chi connectivity index (χ4v) is 0.993. The van der Waals surface area contributed by atoms with Crippen LogP contribution in [-0.4, -0.2) is 34.4 Å². The molecule has 0 bridgehead atoms. The van der Waals surface area contributed by atoms with Crippen molar-refractivity contribution in [3.63, 3.8) is 0 Å². The second-order valence-electron chi connectivity index (χ2n) is 2.30. The Morgan fingerprint density at radius 1 is 1.36 bits per heavy atom. The van der Waals surface area contributed by atoms with Crippen molar-refractivity contribution >= 4 is 18.2 Å². The molecule has 1 heterocycles. The molecule has 5 heteroatoms. The summed E-state index contributed by atoms with van der Waals surface area (Å²) in [5, 5.41) is 16.9. The Bertz CT molecular complexity index is 223. The summed E-state index contributed by atoms with van der Waals surface area (Å²) in [7, 11) is 0. The van der Waals surface area contributed by atoms with Crippen molar-refractivity contribution in [2.75, 3.05) is 0 Å². The number of carbonyl (C=O) groups is 2. The van der Waals surface area contributed by atoms with Gasteiger partial charge in [0.25, 0.3) is 0 Å². The van der Waals surface area contributed by atoms with Gasteiger partial charge in [0, 0.05) is 6.21 Å². The molecule has 0 aromatic heterocycles. The van der Waals surface area contributed by atoms with Crippen LogP contribution in [0.4, 0.5) is 0 Å². The van der Waals surface area contributed by atoms with Crippen LogP contribution in [0.25, 0.3) is 0 Å². The molecular formula is C6H7NO4. The minimum Gasteiger partial charge on any atom is -0.481 e. The molecule has 60 valence electrons. The molecule has 2 unspecified atom stereocenters. The standard InChI is InChI=1S/C6H7NO4/c8-5(9)3-1-2-7-4(3)6(10)11/h2-4H,1H2,(H,8,9)(H,10,11). The summed E-state index contributed by atoms with van der Waals surface area (Å²) in [6, 6.07) is -1.09. The van der Waals surface area contributed by atoms with Crippen molar-refractivity contribution in [3.05, 3.63) is 0 Å². The number of aliphatic imine (C=N–C) groups is 1. The molecule has 0 aromatic carbocycles. The maximum absolute atomic E-state index is 10.4. The molecule has 0 fully saturated rings. The number of carboxylic acids is 2. The number of rotatable bonds is 2. The molecule has 1 aliphatic rings. The molecule has 2 atom stereocenters. The highest BCUT2D eigenvalue weighted by Gasteiger charge is 2.35. The second kappa shape index (κ2) is 2.69. The molecule has 0 aromatic rings. The number of carboxylic acid groups (broad SMARTS) is 2. The maximum Gasteiger partial charge on any atom is 0.329 e. The zero-order valence-electron chi connectivity index (χ0n) is 5.60. The van der Waals surface area contributed by atoms with Crippen LogP contribution in [0.15, 0.2) is 4.99 Å². The average molecular weight is 157 g/mol. The van der Waals surface area contributed by atoms with Crippen LogP contribution in [0.3, 0.4) is 0 Å². The normalized spacial score (nSPS) is 28.7. The largest absolute Gasteiger partial charge is 0.481 e. The van der Waals surface area contributed by atoms with E-state index in [1.807, 2.05) is 0 Å². The van der Waals surface area contributed by atoms with Gasteiger partial charge in [-0.25, -0.2) is 4.79 Å². The van der Waals surface area contributed by atoms with E-state index in [1.165, 1.54) is 6.21 Å². The lowest BCUT2D eigenvalue weighted by atomic mass is 10.0. The minimum absolute atomic E-state index is 0.215. The van der Waals surface area contributed by atoms with Gasteiger partial charge >= 0.3 is 11.9 Å². The van der Waals surface area contributed by atoms with Gasteiger partial charge in [-0.05, 0) is 6.42 Å². The van der Waals surface area contributed by atoms with Gasteiger partial charge in [-0.3, -0.25) is 9.79 Å². The third-order valence-electron chi connectivity index (χ3n) is 1.58. The zero-order chi connectivity index (χ0) is 8.43. The van der Waals surface area contributed by atoms with E-state index in [0.717, 1.165) is 0 Å². The first-order valence-electron chi connectivity index (χ1n) is 3.10. The number of nitrogens with zero attached hydrogens (tertiary/aromatic N) is 1. The van der Waals surface area contributed by atoms with Crippen LogP contribution >= 0.6 is 0 Å². The molecule has 5 nitrogen and oxygen atoms in total. The van der Waals surface area contributed by atoms with Gasteiger partial charge < -0.3 is 10.2 Å². The van der Waals surface area contributed by atoms with Crippen LogP contribution < -0.4 is 0 Å². The summed E-state index contributed by atoms with van der Waals surface area (Å²) in [4.78, 5) is 24.2. The predicted molar refractivity (Wildman–Crippen MR) is 35.7 cm³/mol. The highest BCUT2D eigenvalue weighted by atomic mass is 16.4. The summed E-state index contributed by atoms with van der Waals surface area (Å²) in [5.41, 5.74) is 0. The Kier molecular flexibility index (Phi) is 1.89. The topological polar surface area (TPSA) is 87.0 Å². The zero-order valence-corrected chi connectivity index (χ0v) is 5.60. The monoisotopic (exact) mass is 157 g/mol. The number of hydrogen-bond donors (Lipinski definition) is 2. The lowest BCUT2D eigenvalue weighted by Gasteiger charge is -2.07. The van der Waals surface area contributed by atoms with Gasteiger partial charge in [0.1, 0.15) is 0 Å². The Labute approximate surface area is 62.4 Å². The van der Waals surface area contributed by atoms with E-state index in [4.69, 9.17) is 10.2 Å². The molecule has 0 radical (unpaired) electrons. The first-order valence-corrected chi connectivity index (χ1v) is 3.10. The molecule has 0 saturated carbocycles. The third-order valence-corrected chi connectivity index (χ3v) is 1.58. The fourth-order valence-electron chi connectivity index (χ4n) is 0.993. The molecule has 11 heavy (non-hydrogen) atoms. The summed E-state index contributed by atoms with van der Waals surface area (Å²) in [5.74, 6) is -3.16. The van der Waals surface area contributed by atoms with Crippen LogP contribution in [0.5, 0.6) is 0 Å². The van der Waals surface area contributed by atoms with E-state index in [9.17, 15) is 9.59 Å². The summed E-state index contributed by atoms with van der Waals surface area (Å²) < 4.78 is 0. The quantitative estimate of drug-likeness (QED) is 0.571. The van der Waals surface area contributed by atoms with E-state index in [0.29, 0.717) is 0 Å². The summed E-state index contributed by atoms with van der Waals surface area (Å²) in [6.45, 7) is 0. The lowest BCUT2D eigenvalue weighted by Crippen LogP contribution is -2.29. The highest BCUT2D eigenvalue weighted by molar-refractivity contribution is 5.88. The fraction of sp³-hybridized carbons (Fsp3) is 0.500. The van der Waals surface area contributed by atoms with E-state index < -0.39 is 23.9 Å². The van der Waals surface area contributed by atoms with Crippen LogP contribution in [0.2, 0.25) is 0 Å². The van der Waals surface area contributed by atoms with Crippen molar-refractivity contribution in [2.24, 2.45) is 10.9 Å². The molecule has 0 spiro atoms. The van der Waals surface area contributed by atoms with Gasteiger partial charge in [-0.15, -0.1) is 0 Å². The van der Waals surface area contributed by atoms with Gasteiger partial charge in [0.05, 0.1) is 5.92 Å². The molecule has 0 aliphatic carbocycles. The Morgan fingerprint density at radius 3 is 2.36 bits per heavy atom. The molecule has 2 N–H and O–H groups in total. The van der Waals surface area contributed by atoms with Crippen molar-refractivity contribution in [3.8, 4) is 0 Å². The maximum atomic E-state index is 10.4. The predicted octanol–water partition coefficient (Wildman–Crippen LogP) is -0.385. The van der Waals surface area contributed by atoms with Gasteiger partial charge in [0.2, 0.25) is 0 Å². The lowest BCUT2D eigenvalue weighted by molar-refractivity contribution is -0.149. The number of aliphatic carboxylic acids is 2. The molecular weight excluding hydrogens is 150 g/mol. The van der Waals surface area contributed by atoms with Crippen LogP contribution in [-0.2, 0) is 9.59 Å². The van der Waals surface area contributed by atoms with Gasteiger partial charge in [-0.2, -0.15) is 0 Å². The van der Waals surface area contributed by atoms with Crippen molar-refractivity contribution < 1.29 is 19.8 Å². The van der Waals surface area contributed by atoms with Gasteiger partial charge in [-0.1, -0.05) is 0 Å². The first-order chi connectivity index (χ1) is 5.13. The van der Waals surface area contributed by atoms with Crippen LogP contribution in [0.1, 0.15) is 6.42 Å². The smallest absolute Gasteiger partial charge is 0.329 e. The minimum atomic E-state index is -1.17. The van der Waals surface area contributed by atoms with E-state index in [-0.39, 0.29) is 6.42 Å². The molecule has 0 amide bonds. The second-order valence-corrected chi connectivity index (χ2v) is 2.30. The average Bonchev–Trinajstić information content (AvgIpc) is 2.32. The van der Waals surface area contributed by atoms with E-state index in [2.05, 4.69) is 4.99 Å². The number of hydrogen-bond acceptors (Lipinski definition) is 3. The van der Waals surface area contributed by atoms with Gasteiger partial charge in [0.15, 0.2) is 6.04 Å². The first kappa shape index (κ1) is 7.71. The Hall–Kier alpha value is -1.39. The van der Waals surface area contributed by atoms with Crippen molar-refractivity contribution in [1.29, 1.82) is 0 Å². The van der Waals surface area contributed by atoms with E-state index >= 15 is 0 Å². The Morgan fingerprint density at radius 2 is 2.00 bits per heavy atom. The van der Waals surface area contributed by atoms with E-state index in [1.54, 1.807) is 0 Å². The summed E-state index contributed by atoms with van der Waals surface area (Å²) in [6.07, 6.45) is 1.56. The Balaban J connectivity index is 2.71. The third kappa shape index (κ3) is 1.36. The highest BCUT2D eigenvalue weighted by Crippen LogP contribution is 2.17. The molecule has 1 rings (SSSR count). The van der Waals surface area contributed by atoms with Crippen LogP contribution in [0, 0.1) is 5.92 Å². The van der Waals surface area contributed by atoms with Crippen molar-refractivity contribution in [2.45, 2.75) is 12.5 Å². The molecule has 1 aliphatic heterocycles. The SMILES string of the molecule is O=C(O)C1CC=NC1C(=O)O. The molecule has 0 saturated heterocycles. The van der Waals surface area contributed by atoms with Crippen molar-refractivity contribution in [1.82, 2.24) is 0 Å². The summed E-state index contributed by atoms with van der Waals surface area (Å²) >= 11 is 0.